The van der Waals surface area contributed by atoms with E-state index in [-0.39, 0.29) is 34.6 Å². The number of carbonyl (C=O) groups excluding carboxylic acids is 1. The van der Waals surface area contributed by atoms with Crippen molar-refractivity contribution in [2.75, 3.05) is 18.6 Å². The minimum Gasteiger partial charge on any atom is -0.496 e. The van der Waals surface area contributed by atoms with E-state index in [0.717, 1.165) is 11.3 Å². The first-order valence-corrected chi connectivity index (χ1v) is 11.4. The van der Waals surface area contributed by atoms with Crippen LogP contribution in [-0.4, -0.2) is 54.3 Å². The Morgan fingerprint density at radius 1 is 1.35 bits per heavy atom. The molecular weight excluding hydrogens is 372 g/mol. The van der Waals surface area contributed by atoms with Crippen molar-refractivity contribution in [3.8, 4) is 5.75 Å². The molecule has 8 heteroatoms. The predicted molar refractivity (Wildman–Crippen MR) is 104 cm³/mol. The normalized spacial score (nSPS) is 25.7. The fraction of sp³-hybridized carbons (Fsp3) is 0.556. The number of rotatable bonds is 5. The van der Waals surface area contributed by atoms with Crippen LogP contribution in [0.2, 0.25) is 0 Å². The number of sulfone groups is 1. The van der Waals surface area contributed by atoms with Crippen LogP contribution in [0.3, 0.4) is 0 Å². The summed E-state index contributed by atoms with van der Waals surface area (Å²) in [6.07, 6.45) is 0.389. The maximum Gasteiger partial charge on any atom is 0.248 e. The van der Waals surface area contributed by atoms with Gasteiger partial charge in [0.1, 0.15) is 5.75 Å². The number of ether oxygens (including phenoxy) is 1. The number of amides is 1. The highest BCUT2D eigenvalue weighted by Gasteiger charge is 2.48. The summed E-state index contributed by atoms with van der Waals surface area (Å²) in [6.45, 7) is 4.43. The second-order valence-corrected chi connectivity index (χ2v) is 10.5. The molecule has 2 saturated heterocycles. The highest BCUT2D eigenvalue weighted by atomic mass is 32.2. The van der Waals surface area contributed by atoms with Crippen molar-refractivity contribution < 1.29 is 17.9 Å². The van der Waals surface area contributed by atoms with Crippen molar-refractivity contribution in [1.29, 1.82) is 0 Å². The van der Waals surface area contributed by atoms with E-state index in [2.05, 4.69) is 4.99 Å². The van der Waals surface area contributed by atoms with E-state index in [0.29, 0.717) is 18.1 Å². The molecule has 142 valence electrons. The molecule has 1 aromatic carbocycles. The second kappa shape index (κ2) is 7.60. The molecule has 0 saturated carbocycles. The number of hydrogen-bond acceptors (Lipinski definition) is 5. The third-order valence-corrected chi connectivity index (χ3v) is 7.76. The molecule has 2 heterocycles. The highest BCUT2D eigenvalue weighted by Crippen LogP contribution is 2.39. The molecule has 3 rings (SSSR count). The summed E-state index contributed by atoms with van der Waals surface area (Å²) in [5, 5.41) is 0.562. The fourth-order valence-electron chi connectivity index (χ4n) is 3.34. The molecule has 0 bridgehead atoms. The van der Waals surface area contributed by atoms with Gasteiger partial charge in [0, 0.05) is 23.8 Å². The molecule has 2 atom stereocenters. The van der Waals surface area contributed by atoms with Gasteiger partial charge in [-0.05, 0) is 12.0 Å². The lowest BCUT2D eigenvalue weighted by Gasteiger charge is -2.25. The van der Waals surface area contributed by atoms with Crippen LogP contribution in [0.25, 0.3) is 0 Å². The molecule has 0 aliphatic carbocycles. The standard InChI is InChI=1S/C18H24N2O4S2/c1-12(2)8-17(21)19-18-20(9-13-6-4-5-7-15(13)24-3)14-10-26(22,23)11-16(14)25-18/h4-7,12,14,16H,8-11H2,1-3H3/t14-,16-/m0/s1. The molecule has 0 radical (unpaired) electrons. The lowest BCUT2D eigenvalue weighted by molar-refractivity contribution is -0.118. The molecule has 0 N–H and O–H groups in total. The van der Waals surface area contributed by atoms with Crippen molar-refractivity contribution in [3.05, 3.63) is 29.8 Å². The average Bonchev–Trinajstić information content (AvgIpc) is 3.00. The van der Waals surface area contributed by atoms with E-state index in [4.69, 9.17) is 4.74 Å². The van der Waals surface area contributed by atoms with Crippen molar-refractivity contribution in [2.24, 2.45) is 10.9 Å². The van der Waals surface area contributed by atoms with Gasteiger partial charge >= 0.3 is 0 Å². The van der Waals surface area contributed by atoms with Crippen LogP contribution < -0.4 is 4.74 Å². The van der Waals surface area contributed by atoms with E-state index in [1.807, 2.05) is 43.0 Å². The van der Waals surface area contributed by atoms with Crippen molar-refractivity contribution in [1.82, 2.24) is 4.90 Å². The summed E-state index contributed by atoms with van der Waals surface area (Å²) < 4.78 is 29.6. The summed E-state index contributed by atoms with van der Waals surface area (Å²) in [4.78, 5) is 18.5. The van der Waals surface area contributed by atoms with Crippen LogP contribution in [0.1, 0.15) is 25.8 Å². The van der Waals surface area contributed by atoms with Gasteiger partial charge < -0.3 is 9.64 Å². The molecule has 2 aliphatic rings. The van der Waals surface area contributed by atoms with E-state index < -0.39 is 9.84 Å². The molecule has 0 unspecified atom stereocenters. The van der Waals surface area contributed by atoms with Crippen LogP contribution >= 0.6 is 11.8 Å². The number of nitrogens with zero attached hydrogens (tertiary/aromatic N) is 2. The Bertz CT molecular complexity index is 820. The number of carbonyl (C=O) groups is 1. The Hall–Kier alpha value is -1.54. The topological polar surface area (TPSA) is 76.0 Å². The SMILES string of the molecule is COc1ccccc1CN1C(=NC(=O)CC(C)C)S[C@H]2CS(=O)(=O)C[C@@H]21. The van der Waals surface area contributed by atoms with Crippen LogP contribution in [0.5, 0.6) is 5.75 Å². The number of aliphatic imine (C=N–C) groups is 1. The minimum atomic E-state index is -3.05. The lowest BCUT2D eigenvalue weighted by atomic mass is 10.1. The van der Waals surface area contributed by atoms with Gasteiger partial charge in [-0.15, -0.1) is 0 Å². The number of amidine groups is 1. The molecule has 2 aliphatic heterocycles. The van der Waals surface area contributed by atoms with E-state index in [1.165, 1.54) is 11.8 Å². The first-order valence-electron chi connectivity index (χ1n) is 8.66. The largest absolute Gasteiger partial charge is 0.496 e. The van der Waals surface area contributed by atoms with Gasteiger partial charge in [0.25, 0.3) is 0 Å². The molecule has 1 amide bonds. The van der Waals surface area contributed by atoms with Crippen LogP contribution in [-0.2, 0) is 21.2 Å². The maximum atomic E-state index is 12.2. The fourth-order valence-corrected chi connectivity index (χ4v) is 7.31. The quantitative estimate of drug-likeness (QED) is 0.760. The van der Waals surface area contributed by atoms with Gasteiger partial charge in [0.2, 0.25) is 5.91 Å². The Morgan fingerprint density at radius 3 is 2.77 bits per heavy atom. The molecule has 6 nitrogen and oxygen atoms in total. The second-order valence-electron chi connectivity index (χ2n) is 7.13. The molecule has 1 aromatic rings. The third-order valence-electron chi connectivity index (χ3n) is 4.51. The Kier molecular flexibility index (Phi) is 5.62. The highest BCUT2D eigenvalue weighted by molar-refractivity contribution is 8.15. The van der Waals surface area contributed by atoms with Gasteiger partial charge in [0.05, 0.1) is 24.7 Å². The molecule has 2 fully saturated rings. The van der Waals surface area contributed by atoms with Crippen LogP contribution in [0.4, 0.5) is 0 Å². The van der Waals surface area contributed by atoms with Gasteiger partial charge in [-0.25, -0.2) is 8.42 Å². The van der Waals surface area contributed by atoms with E-state index in [1.54, 1.807) is 7.11 Å². The summed E-state index contributed by atoms with van der Waals surface area (Å²) in [5.74, 6) is 1.07. The number of fused-ring (bicyclic) bond motifs is 1. The zero-order valence-corrected chi connectivity index (χ0v) is 16.8. The zero-order chi connectivity index (χ0) is 18.9. The van der Waals surface area contributed by atoms with Crippen molar-refractivity contribution in [2.45, 2.75) is 38.1 Å². The number of hydrogen-bond donors (Lipinski definition) is 0. The lowest BCUT2D eigenvalue weighted by Crippen LogP contribution is -2.37. The Labute approximate surface area is 158 Å². The maximum absolute atomic E-state index is 12.2. The van der Waals surface area contributed by atoms with E-state index >= 15 is 0 Å². The summed E-state index contributed by atoms with van der Waals surface area (Å²) >= 11 is 1.41. The molecule has 26 heavy (non-hydrogen) atoms. The van der Waals surface area contributed by atoms with Crippen molar-refractivity contribution in [3.63, 3.8) is 0 Å². The number of thioether (sulfide) groups is 1. The predicted octanol–water partition coefficient (Wildman–Crippen LogP) is 2.34. The number of benzene rings is 1. The van der Waals surface area contributed by atoms with E-state index in [9.17, 15) is 13.2 Å². The minimum absolute atomic E-state index is 0.0692. The first kappa shape index (κ1) is 19.2. The summed E-state index contributed by atoms with van der Waals surface area (Å²) in [5.41, 5.74) is 0.949. The smallest absolute Gasteiger partial charge is 0.248 e. The monoisotopic (exact) mass is 396 g/mol. The van der Waals surface area contributed by atoms with Crippen LogP contribution in [0.15, 0.2) is 29.3 Å². The van der Waals surface area contributed by atoms with Gasteiger partial charge in [-0.1, -0.05) is 43.8 Å². The molecule has 0 aromatic heterocycles. The number of methoxy groups -OCH3 is 1. The van der Waals surface area contributed by atoms with Gasteiger partial charge in [-0.3, -0.25) is 4.79 Å². The van der Waals surface area contributed by atoms with Crippen LogP contribution in [0, 0.1) is 5.92 Å². The summed E-state index contributed by atoms with van der Waals surface area (Å²) in [7, 11) is -1.44. The first-order chi connectivity index (χ1) is 12.3. The Morgan fingerprint density at radius 2 is 2.08 bits per heavy atom. The summed E-state index contributed by atoms with van der Waals surface area (Å²) in [6, 6.07) is 7.49. The number of para-hydroxylation sites is 1. The third kappa shape index (κ3) is 4.23. The molecular formula is C18H24N2O4S2. The van der Waals surface area contributed by atoms with Gasteiger partial charge in [0.15, 0.2) is 15.0 Å². The van der Waals surface area contributed by atoms with Gasteiger partial charge in [-0.2, -0.15) is 4.99 Å². The zero-order valence-electron chi connectivity index (χ0n) is 15.2. The van der Waals surface area contributed by atoms with Crippen molar-refractivity contribution >= 4 is 32.7 Å². The average molecular weight is 397 g/mol. The Balaban J connectivity index is 1.90. The molecule has 0 spiro atoms.